The molecular formula is C20H23N3O5. The van der Waals surface area contributed by atoms with E-state index < -0.39 is 0 Å². The number of allylic oxidation sites excluding steroid dienone is 2. The van der Waals surface area contributed by atoms with Gasteiger partial charge in [-0.1, -0.05) is 12.2 Å². The van der Waals surface area contributed by atoms with Gasteiger partial charge in [-0.3, -0.25) is 14.5 Å². The summed E-state index contributed by atoms with van der Waals surface area (Å²) >= 11 is 0. The van der Waals surface area contributed by atoms with E-state index in [1.165, 1.54) is 12.0 Å². The molecule has 2 heterocycles. The summed E-state index contributed by atoms with van der Waals surface area (Å²) in [4.78, 5) is 40.7. The van der Waals surface area contributed by atoms with Gasteiger partial charge in [0, 0.05) is 19.2 Å². The van der Waals surface area contributed by atoms with Gasteiger partial charge in [0.15, 0.2) is 0 Å². The van der Waals surface area contributed by atoms with E-state index in [0.29, 0.717) is 43.1 Å². The Morgan fingerprint density at radius 1 is 1.04 bits per heavy atom. The van der Waals surface area contributed by atoms with Crippen LogP contribution >= 0.6 is 0 Å². The van der Waals surface area contributed by atoms with Crippen LogP contribution in [-0.2, 0) is 9.59 Å². The Morgan fingerprint density at radius 2 is 1.68 bits per heavy atom. The molecule has 0 radical (unpaired) electrons. The molecular weight excluding hydrogens is 362 g/mol. The highest BCUT2D eigenvalue weighted by Gasteiger charge is 2.52. The summed E-state index contributed by atoms with van der Waals surface area (Å²) in [6.07, 6.45) is 5.19. The minimum absolute atomic E-state index is 0.0961. The molecule has 0 aromatic heterocycles. The number of amides is 4. The van der Waals surface area contributed by atoms with Crippen molar-refractivity contribution < 1.29 is 23.9 Å². The number of fused-ring (bicyclic) bond motifs is 1. The van der Waals surface area contributed by atoms with Crippen molar-refractivity contribution in [3.63, 3.8) is 0 Å². The fourth-order valence-corrected chi connectivity index (χ4v) is 4.07. The Kier molecular flexibility index (Phi) is 4.70. The van der Waals surface area contributed by atoms with Crippen LogP contribution in [0.2, 0.25) is 0 Å². The summed E-state index contributed by atoms with van der Waals surface area (Å²) in [6, 6.07) is 4.59. The van der Waals surface area contributed by atoms with Crippen LogP contribution in [0.25, 0.3) is 0 Å². The van der Waals surface area contributed by atoms with Crippen molar-refractivity contribution in [2.24, 2.45) is 11.8 Å². The summed E-state index contributed by atoms with van der Waals surface area (Å²) in [5, 5.41) is 2.81. The number of benzene rings is 1. The van der Waals surface area contributed by atoms with Crippen molar-refractivity contribution in [3.05, 3.63) is 30.4 Å². The number of nitrogens with zero attached hydrogens (tertiary/aromatic N) is 2. The summed E-state index contributed by atoms with van der Waals surface area (Å²) in [6.45, 7) is 0.684. The van der Waals surface area contributed by atoms with Crippen molar-refractivity contribution in [1.29, 1.82) is 0 Å². The molecule has 2 aliphatic heterocycles. The lowest BCUT2D eigenvalue weighted by Crippen LogP contribution is -2.63. The third kappa shape index (κ3) is 2.98. The second-order valence-electron chi connectivity index (χ2n) is 7.26. The minimum Gasteiger partial charge on any atom is -0.497 e. The van der Waals surface area contributed by atoms with Gasteiger partial charge in [0.25, 0.3) is 0 Å². The Balaban J connectivity index is 1.37. The quantitative estimate of drug-likeness (QED) is 0.631. The zero-order valence-electron chi connectivity index (χ0n) is 15.9. The number of hydrogen-bond donors (Lipinski definition) is 1. The molecule has 2 saturated heterocycles. The predicted molar refractivity (Wildman–Crippen MR) is 101 cm³/mol. The Bertz CT molecular complexity index is 820. The number of likely N-dealkylation sites (tertiary alicyclic amines) is 2. The second-order valence-corrected chi connectivity index (χ2v) is 7.26. The molecule has 1 aromatic rings. The highest BCUT2D eigenvalue weighted by Crippen LogP contribution is 2.37. The van der Waals surface area contributed by atoms with Crippen LogP contribution in [0.5, 0.6) is 11.5 Å². The average molecular weight is 385 g/mol. The minimum atomic E-state index is -0.294. The molecule has 3 aliphatic rings. The number of rotatable bonds is 4. The summed E-state index contributed by atoms with van der Waals surface area (Å²) in [5.41, 5.74) is 0.530. The van der Waals surface area contributed by atoms with Crippen LogP contribution in [0.3, 0.4) is 0 Å². The molecule has 4 rings (SSSR count). The average Bonchev–Trinajstić information content (AvgIpc) is 2.92. The molecule has 2 fully saturated rings. The fourth-order valence-electron chi connectivity index (χ4n) is 4.07. The summed E-state index contributed by atoms with van der Waals surface area (Å²) in [5.74, 6) is 0.461. The van der Waals surface area contributed by atoms with Crippen molar-refractivity contribution in [3.8, 4) is 11.5 Å². The SMILES string of the molecule is COc1ccc(NC(=O)N2CC(N3C(=O)[C@H]4CC=CC[C@H]4C3=O)C2)c(OC)c1. The standard InChI is InChI=1S/C20H23N3O5/c1-27-13-7-8-16(17(9-13)28-2)21-20(26)22-10-12(11-22)23-18(24)14-5-3-4-6-15(14)19(23)25/h3-4,7-9,12,14-15H,5-6,10-11H2,1-2H3,(H,21,26)/t14-,15+. The highest BCUT2D eigenvalue weighted by molar-refractivity contribution is 6.06. The molecule has 28 heavy (non-hydrogen) atoms. The number of carbonyl (C=O) groups is 3. The third-order valence-electron chi connectivity index (χ3n) is 5.71. The number of anilines is 1. The fraction of sp³-hybridized carbons (Fsp3) is 0.450. The van der Waals surface area contributed by atoms with Gasteiger partial charge >= 0.3 is 6.03 Å². The molecule has 2 atom stereocenters. The first kappa shape index (κ1) is 18.3. The lowest BCUT2D eigenvalue weighted by Gasteiger charge is -2.43. The van der Waals surface area contributed by atoms with Crippen molar-refractivity contribution in [2.45, 2.75) is 18.9 Å². The first-order valence-electron chi connectivity index (χ1n) is 9.33. The van der Waals surface area contributed by atoms with Gasteiger partial charge in [-0.25, -0.2) is 4.79 Å². The highest BCUT2D eigenvalue weighted by atomic mass is 16.5. The summed E-state index contributed by atoms with van der Waals surface area (Å²) in [7, 11) is 3.07. The molecule has 148 valence electrons. The van der Waals surface area contributed by atoms with Gasteiger partial charge < -0.3 is 19.7 Å². The van der Waals surface area contributed by atoms with Gasteiger partial charge in [-0.05, 0) is 25.0 Å². The van der Waals surface area contributed by atoms with Gasteiger partial charge in [0.1, 0.15) is 11.5 Å². The van der Waals surface area contributed by atoms with E-state index in [0.717, 1.165) is 0 Å². The maximum Gasteiger partial charge on any atom is 0.322 e. The van der Waals surface area contributed by atoms with Crippen LogP contribution in [-0.4, -0.2) is 61.0 Å². The monoisotopic (exact) mass is 385 g/mol. The number of methoxy groups -OCH3 is 2. The van der Waals surface area contributed by atoms with Gasteiger partial charge in [-0.2, -0.15) is 0 Å². The number of imide groups is 1. The van der Waals surface area contributed by atoms with E-state index in [4.69, 9.17) is 9.47 Å². The molecule has 0 unspecified atom stereocenters. The molecule has 1 N–H and O–H groups in total. The van der Waals surface area contributed by atoms with Crippen molar-refractivity contribution in [2.75, 3.05) is 32.6 Å². The molecule has 1 aliphatic carbocycles. The van der Waals surface area contributed by atoms with Crippen LogP contribution in [0, 0.1) is 11.8 Å². The van der Waals surface area contributed by atoms with Crippen LogP contribution in [0.4, 0.5) is 10.5 Å². The van der Waals surface area contributed by atoms with Crippen molar-refractivity contribution in [1.82, 2.24) is 9.80 Å². The zero-order valence-corrected chi connectivity index (χ0v) is 15.9. The Labute approximate surface area is 163 Å². The second kappa shape index (κ2) is 7.18. The zero-order chi connectivity index (χ0) is 19.8. The molecule has 0 bridgehead atoms. The first-order valence-corrected chi connectivity index (χ1v) is 9.33. The van der Waals surface area contributed by atoms with E-state index in [-0.39, 0.29) is 35.7 Å². The summed E-state index contributed by atoms with van der Waals surface area (Å²) < 4.78 is 10.4. The van der Waals surface area contributed by atoms with E-state index in [9.17, 15) is 14.4 Å². The normalized spacial score (nSPS) is 24.1. The lowest BCUT2D eigenvalue weighted by atomic mass is 9.85. The third-order valence-corrected chi connectivity index (χ3v) is 5.71. The molecule has 0 saturated carbocycles. The lowest BCUT2D eigenvalue weighted by molar-refractivity contribution is -0.145. The van der Waals surface area contributed by atoms with Crippen molar-refractivity contribution >= 4 is 23.5 Å². The number of nitrogens with one attached hydrogen (secondary N) is 1. The van der Waals surface area contributed by atoms with E-state index in [1.807, 2.05) is 12.2 Å². The molecule has 0 spiro atoms. The largest absolute Gasteiger partial charge is 0.497 e. The molecule has 1 aromatic carbocycles. The number of urea groups is 1. The number of carbonyl (C=O) groups excluding carboxylic acids is 3. The van der Waals surface area contributed by atoms with Crippen LogP contribution < -0.4 is 14.8 Å². The van der Waals surface area contributed by atoms with E-state index in [2.05, 4.69) is 5.32 Å². The molecule has 8 heteroatoms. The maximum absolute atomic E-state index is 12.6. The van der Waals surface area contributed by atoms with E-state index >= 15 is 0 Å². The predicted octanol–water partition coefficient (Wildman–Crippen LogP) is 1.87. The molecule has 4 amide bonds. The van der Waals surface area contributed by atoms with Gasteiger partial charge in [0.05, 0.1) is 37.8 Å². The first-order chi connectivity index (χ1) is 13.5. The Morgan fingerprint density at radius 3 is 2.25 bits per heavy atom. The van der Waals surface area contributed by atoms with Gasteiger partial charge in [-0.15, -0.1) is 0 Å². The molecule has 8 nitrogen and oxygen atoms in total. The smallest absolute Gasteiger partial charge is 0.322 e. The van der Waals surface area contributed by atoms with Crippen LogP contribution in [0.15, 0.2) is 30.4 Å². The number of hydrogen-bond acceptors (Lipinski definition) is 5. The van der Waals surface area contributed by atoms with Gasteiger partial charge in [0.2, 0.25) is 11.8 Å². The number of ether oxygens (including phenoxy) is 2. The maximum atomic E-state index is 12.6. The Hall–Kier alpha value is -3.03. The van der Waals surface area contributed by atoms with Crippen LogP contribution in [0.1, 0.15) is 12.8 Å². The van der Waals surface area contributed by atoms with E-state index in [1.54, 1.807) is 30.2 Å². The topological polar surface area (TPSA) is 88.2 Å².